The van der Waals surface area contributed by atoms with Crippen LogP contribution in [0.4, 0.5) is 23.0 Å². The summed E-state index contributed by atoms with van der Waals surface area (Å²) in [5.74, 6) is -0.679. The van der Waals surface area contributed by atoms with E-state index in [1.807, 2.05) is 18.2 Å². The number of hydrogen-bond acceptors (Lipinski definition) is 11. The maximum absolute atomic E-state index is 13.2. The van der Waals surface area contributed by atoms with Crippen LogP contribution in [0.3, 0.4) is 0 Å². The van der Waals surface area contributed by atoms with E-state index in [1.165, 1.54) is 12.6 Å². The molecule has 5 N–H and O–H groups in total. The lowest BCUT2D eigenvalue weighted by Gasteiger charge is -2.38. The second kappa shape index (κ2) is 16.0. The van der Waals surface area contributed by atoms with Crippen LogP contribution in [0.5, 0.6) is 0 Å². The van der Waals surface area contributed by atoms with Crippen molar-refractivity contribution in [2.24, 2.45) is 5.92 Å². The average molecular weight is 748 g/mol. The SMILES string of the molecule is Nc1nccc(C(=O)Nc2cc3cn(C4CCN(CC5CCN(c6ccc(C(=O)NC7CCC(=O)NC7=O)cc6)CC5)CC4)nc3cc2N2CCCCC2)n1. The number of rotatable bonds is 9. The molecule has 2 aromatic heterocycles. The highest BCUT2D eigenvalue weighted by atomic mass is 16.2. The zero-order chi connectivity index (χ0) is 37.9. The van der Waals surface area contributed by atoms with E-state index in [1.54, 1.807) is 18.2 Å². The predicted octanol–water partition coefficient (Wildman–Crippen LogP) is 3.74. The standard InChI is InChI=1S/C40H49N11O4/c41-40-42-15-10-32(45-40)38(54)44-34-22-28-25-51(47-33(28)23-35(34)50-16-2-1-3-17-50)30-13-18-48(19-14-30)24-26-11-20-49(21-12-26)29-6-4-27(5-7-29)37(53)43-31-8-9-36(52)46-39(31)55/h4-7,10,15,22-23,25-26,30-31H,1-3,8-9,11-14,16-21,24H2,(H,43,53)(H,44,54)(H2,41,42,45)(H,46,52,55). The van der Waals surface area contributed by atoms with E-state index in [2.05, 4.69) is 57.6 Å². The first-order valence-corrected chi connectivity index (χ1v) is 19.7. The number of nitrogens with one attached hydrogen (secondary N) is 3. The molecule has 288 valence electrons. The molecule has 1 unspecified atom stereocenters. The molecule has 1 atom stereocenters. The molecule has 0 bridgehead atoms. The van der Waals surface area contributed by atoms with Crippen molar-refractivity contribution in [3.8, 4) is 0 Å². The molecule has 4 aliphatic rings. The molecule has 0 aliphatic carbocycles. The van der Waals surface area contributed by atoms with Gasteiger partial charge >= 0.3 is 0 Å². The third-order valence-corrected chi connectivity index (χ3v) is 11.6. The number of nitrogens with two attached hydrogens (primary N) is 1. The number of piperidine rings is 4. The monoisotopic (exact) mass is 747 g/mol. The molecule has 15 heteroatoms. The molecule has 8 rings (SSSR count). The minimum Gasteiger partial charge on any atom is -0.372 e. The maximum Gasteiger partial charge on any atom is 0.274 e. The Morgan fingerprint density at radius 2 is 1.62 bits per heavy atom. The van der Waals surface area contributed by atoms with Crippen molar-refractivity contribution in [1.29, 1.82) is 0 Å². The fraction of sp³-hybridized carbons (Fsp3) is 0.475. The number of carbonyl (C=O) groups is 4. The molecular formula is C40H49N11O4. The maximum atomic E-state index is 13.2. The van der Waals surface area contributed by atoms with Crippen molar-refractivity contribution in [1.82, 2.24) is 35.3 Å². The van der Waals surface area contributed by atoms with Crippen molar-refractivity contribution >= 4 is 57.5 Å². The highest BCUT2D eigenvalue weighted by Gasteiger charge is 2.29. The van der Waals surface area contributed by atoms with E-state index in [0.29, 0.717) is 23.9 Å². The third kappa shape index (κ3) is 8.41. The quantitative estimate of drug-likeness (QED) is 0.183. The number of aromatic nitrogens is 4. The van der Waals surface area contributed by atoms with Crippen LogP contribution < -0.4 is 31.5 Å². The van der Waals surface area contributed by atoms with Crippen molar-refractivity contribution in [2.75, 3.05) is 66.7 Å². The highest BCUT2D eigenvalue weighted by molar-refractivity contribution is 6.07. The van der Waals surface area contributed by atoms with Gasteiger partial charge in [-0.05, 0) is 99.7 Å². The Kier molecular flexibility index (Phi) is 10.6. The number of nitrogen functional groups attached to an aromatic ring is 1. The summed E-state index contributed by atoms with van der Waals surface area (Å²) in [5, 5.41) is 14.2. The smallest absolute Gasteiger partial charge is 0.274 e. The summed E-state index contributed by atoms with van der Waals surface area (Å²) in [5.41, 5.74) is 10.2. The molecule has 2 aromatic carbocycles. The van der Waals surface area contributed by atoms with Crippen LogP contribution in [0.1, 0.15) is 84.7 Å². The molecule has 6 heterocycles. The number of carbonyl (C=O) groups excluding carboxylic acids is 4. The van der Waals surface area contributed by atoms with Gasteiger partial charge in [0, 0.05) is 81.3 Å². The Hall–Kier alpha value is -5.57. The van der Waals surface area contributed by atoms with E-state index < -0.39 is 11.9 Å². The van der Waals surface area contributed by atoms with Gasteiger partial charge in [-0.2, -0.15) is 5.10 Å². The summed E-state index contributed by atoms with van der Waals surface area (Å²) < 4.78 is 2.14. The van der Waals surface area contributed by atoms with Crippen LogP contribution in [-0.4, -0.2) is 100 Å². The second-order valence-electron chi connectivity index (χ2n) is 15.3. The lowest BCUT2D eigenvalue weighted by Crippen LogP contribution is -2.52. The van der Waals surface area contributed by atoms with E-state index in [0.717, 1.165) is 112 Å². The van der Waals surface area contributed by atoms with Crippen LogP contribution in [-0.2, 0) is 9.59 Å². The first kappa shape index (κ1) is 36.4. The molecule has 15 nitrogen and oxygen atoms in total. The average Bonchev–Trinajstić information content (AvgIpc) is 3.63. The van der Waals surface area contributed by atoms with Gasteiger partial charge in [-0.3, -0.25) is 29.2 Å². The molecule has 0 radical (unpaired) electrons. The number of hydrogen-bond donors (Lipinski definition) is 4. The zero-order valence-corrected chi connectivity index (χ0v) is 31.1. The Labute approximate surface area is 320 Å². The van der Waals surface area contributed by atoms with Gasteiger partial charge < -0.3 is 31.1 Å². The van der Waals surface area contributed by atoms with E-state index in [4.69, 9.17) is 10.8 Å². The second-order valence-corrected chi connectivity index (χ2v) is 15.3. The molecule has 4 aromatic rings. The summed E-state index contributed by atoms with van der Waals surface area (Å²) >= 11 is 0. The minimum atomic E-state index is -0.688. The molecule has 0 spiro atoms. The van der Waals surface area contributed by atoms with Crippen molar-refractivity contribution in [3.63, 3.8) is 0 Å². The normalized spacial score (nSPS) is 20.4. The minimum absolute atomic E-state index is 0.0660. The van der Waals surface area contributed by atoms with Gasteiger partial charge in [0.2, 0.25) is 17.8 Å². The molecule has 4 amide bonds. The predicted molar refractivity (Wildman–Crippen MR) is 210 cm³/mol. The Balaban J connectivity index is 0.837. The van der Waals surface area contributed by atoms with Crippen LogP contribution in [0.15, 0.2) is 54.9 Å². The van der Waals surface area contributed by atoms with Gasteiger partial charge in [0.1, 0.15) is 11.7 Å². The summed E-state index contributed by atoms with van der Waals surface area (Å²) in [6.07, 6.45) is 11.9. The summed E-state index contributed by atoms with van der Waals surface area (Å²) in [4.78, 5) is 64.8. The van der Waals surface area contributed by atoms with Crippen molar-refractivity contribution in [3.05, 3.63) is 66.1 Å². The molecule has 4 aliphatic heterocycles. The fourth-order valence-electron chi connectivity index (χ4n) is 8.45. The lowest BCUT2D eigenvalue weighted by molar-refractivity contribution is -0.134. The van der Waals surface area contributed by atoms with Crippen LogP contribution >= 0.6 is 0 Å². The molecular weight excluding hydrogens is 699 g/mol. The Bertz CT molecular complexity index is 2050. The number of imide groups is 1. The van der Waals surface area contributed by atoms with E-state index in [-0.39, 0.29) is 35.8 Å². The largest absolute Gasteiger partial charge is 0.372 e. The van der Waals surface area contributed by atoms with Crippen molar-refractivity contribution < 1.29 is 19.2 Å². The molecule has 4 saturated heterocycles. The van der Waals surface area contributed by atoms with Gasteiger partial charge in [0.15, 0.2) is 0 Å². The number of amides is 4. The van der Waals surface area contributed by atoms with Gasteiger partial charge in [-0.25, -0.2) is 9.97 Å². The highest BCUT2D eigenvalue weighted by Crippen LogP contribution is 2.35. The number of benzene rings is 2. The first-order chi connectivity index (χ1) is 26.8. The molecule has 0 saturated carbocycles. The Morgan fingerprint density at radius 3 is 2.35 bits per heavy atom. The number of nitrogens with zero attached hydrogens (tertiary/aromatic N) is 7. The lowest BCUT2D eigenvalue weighted by atomic mass is 9.94. The summed E-state index contributed by atoms with van der Waals surface area (Å²) in [7, 11) is 0. The van der Waals surface area contributed by atoms with Crippen LogP contribution in [0.25, 0.3) is 10.9 Å². The molecule has 4 fully saturated rings. The van der Waals surface area contributed by atoms with E-state index in [9.17, 15) is 19.2 Å². The molecule has 55 heavy (non-hydrogen) atoms. The van der Waals surface area contributed by atoms with Gasteiger partial charge in [0.05, 0.1) is 22.9 Å². The fourth-order valence-corrected chi connectivity index (χ4v) is 8.45. The summed E-state index contributed by atoms with van der Waals surface area (Å²) in [6, 6.07) is 12.9. The number of likely N-dealkylation sites (tertiary alicyclic amines) is 1. The van der Waals surface area contributed by atoms with E-state index >= 15 is 0 Å². The first-order valence-electron chi connectivity index (χ1n) is 19.7. The van der Waals surface area contributed by atoms with Gasteiger partial charge in [0.25, 0.3) is 11.8 Å². The number of fused-ring (bicyclic) bond motifs is 1. The summed E-state index contributed by atoms with van der Waals surface area (Å²) in [6.45, 7) is 6.99. The number of anilines is 4. The topological polar surface area (TPSA) is 184 Å². The van der Waals surface area contributed by atoms with Gasteiger partial charge in [-0.15, -0.1) is 0 Å². The van der Waals surface area contributed by atoms with Crippen LogP contribution in [0.2, 0.25) is 0 Å². The zero-order valence-electron chi connectivity index (χ0n) is 31.1. The van der Waals surface area contributed by atoms with Crippen LogP contribution in [0, 0.1) is 5.92 Å². The van der Waals surface area contributed by atoms with Gasteiger partial charge in [-0.1, -0.05) is 0 Å². The Morgan fingerprint density at radius 1 is 0.855 bits per heavy atom. The van der Waals surface area contributed by atoms with Crippen molar-refractivity contribution in [2.45, 2.75) is 69.9 Å². The third-order valence-electron chi connectivity index (χ3n) is 11.6.